The number of benzene rings is 2. The number of para-hydroxylation sites is 1. The first kappa shape index (κ1) is 11.1. The molecule has 0 heterocycles. The number of carbonyl (C=O) groups excluding carboxylic acids is 1. The number of hydrogen-bond acceptors (Lipinski definition) is 3. The predicted molar refractivity (Wildman–Crippen MR) is 62.4 cm³/mol. The summed E-state index contributed by atoms with van der Waals surface area (Å²) in [6, 6.07) is 9.94. The van der Waals surface area contributed by atoms with E-state index in [1.165, 1.54) is 36.4 Å². The number of aromatic hydroxyl groups is 1. The van der Waals surface area contributed by atoms with Crippen LogP contribution in [0, 0.1) is 5.82 Å². The molecule has 0 bridgehead atoms. The second-order valence-electron chi connectivity index (χ2n) is 3.55. The molecule has 0 unspecified atom stereocenters. The topological polar surface area (TPSA) is 63.3 Å². The maximum absolute atomic E-state index is 13.4. The molecule has 0 aliphatic rings. The van der Waals surface area contributed by atoms with E-state index in [2.05, 4.69) is 0 Å². The second-order valence-corrected chi connectivity index (χ2v) is 3.55. The smallest absolute Gasteiger partial charge is 0.198 e. The standard InChI is InChI=1S/C13H10FNO2/c14-10-6-2-1-4-8(10)13(17)9-5-3-7-11(16)12(9)15/h1-7,16H,15H2. The Morgan fingerprint density at radius 3 is 2.41 bits per heavy atom. The molecule has 0 aromatic heterocycles. The van der Waals surface area contributed by atoms with Crippen molar-refractivity contribution in [1.82, 2.24) is 0 Å². The van der Waals surface area contributed by atoms with Crippen LogP contribution in [0.3, 0.4) is 0 Å². The van der Waals surface area contributed by atoms with Gasteiger partial charge in [-0.2, -0.15) is 0 Å². The van der Waals surface area contributed by atoms with Crippen molar-refractivity contribution >= 4 is 11.5 Å². The number of nitrogens with two attached hydrogens (primary N) is 1. The molecule has 0 spiro atoms. The highest BCUT2D eigenvalue weighted by Crippen LogP contribution is 2.26. The van der Waals surface area contributed by atoms with Gasteiger partial charge in [0.25, 0.3) is 0 Å². The van der Waals surface area contributed by atoms with E-state index >= 15 is 0 Å². The molecule has 0 amide bonds. The summed E-state index contributed by atoms with van der Waals surface area (Å²) in [5, 5.41) is 9.39. The molecular weight excluding hydrogens is 221 g/mol. The van der Waals surface area contributed by atoms with Crippen molar-refractivity contribution in [3.8, 4) is 5.75 Å². The molecule has 2 rings (SSSR count). The fourth-order valence-corrected chi connectivity index (χ4v) is 1.54. The lowest BCUT2D eigenvalue weighted by atomic mass is 10.0. The van der Waals surface area contributed by atoms with E-state index in [1.54, 1.807) is 6.07 Å². The SMILES string of the molecule is Nc1c(O)cccc1C(=O)c1ccccc1F. The van der Waals surface area contributed by atoms with Gasteiger partial charge in [0.15, 0.2) is 5.78 Å². The van der Waals surface area contributed by atoms with Crippen LogP contribution in [-0.4, -0.2) is 10.9 Å². The van der Waals surface area contributed by atoms with Gasteiger partial charge in [0.1, 0.15) is 11.6 Å². The van der Waals surface area contributed by atoms with E-state index < -0.39 is 11.6 Å². The third-order valence-electron chi connectivity index (χ3n) is 2.45. The Kier molecular flexibility index (Phi) is 2.78. The minimum absolute atomic E-state index is 0.0410. The van der Waals surface area contributed by atoms with Crippen molar-refractivity contribution in [2.45, 2.75) is 0 Å². The summed E-state index contributed by atoms with van der Waals surface area (Å²) in [4.78, 5) is 12.0. The van der Waals surface area contributed by atoms with Crippen LogP contribution < -0.4 is 5.73 Å². The Hall–Kier alpha value is -2.36. The van der Waals surface area contributed by atoms with E-state index in [-0.39, 0.29) is 22.6 Å². The van der Waals surface area contributed by atoms with Crippen LogP contribution in [-0.2, 0) is 0 Å². The Morgan fingerprint density at radius 2 is 1.71 bits per heavy atom. The zero-order chi connectivity index (χ0) is 12.4. The quantitative estimate of drug-likeness (QED) is 0.473. The van der Waals surface area contributed by atoms with Crippen molar-refractivity contribution in [3.05, 3.63) is 59.4 Å². The van der Waals surface area contributed by atoms with E-state index in [0.717, 1.165) is 0 Å². The van der Waals surface area contributed by atoms with Gasteiger partial charge in [0.2, 0.25) is 0 Å². The molecule has 0 fully saturated rings. The summed E-state index contributed by atoms with van der Waals surface area (Å²) >= 11 is 0. The van der Waals surface area contributed by atoms with Crippen LogP contribution in [0.15, 0.2) is 42.5 Å². The molecule has 0 radical (unpaired) electrons. The molecule has 0 aliphatic carbocycles. The minimum atomic E-state index is -0.611. The first-order valence-corrected chi connectivity index (χ1v) is 4.98. The number of phenols is 1. The third-order valence-corrected chi connectivity index (χ3v) is 2.45. The molecule has 2 aromatic rings. The lowest BCUT2D eigenvalue weighted by Gasteiger charge is -2.06. The van der Waals surface area contributed by atoms with Gasteiger partial charge in [-0.05, 0) is 24.3 Å². The molecule has 3 N–H and O–H groups in total. The second kappa shape index (κ2) is 4.25. The van der Waals surface area contributed by atoms with Crippen LogP contribution in [0.2, 0.25) is 0 Å². The number of halogens is 1. The monoisotopic (exact) mass is 231 g/mol. The Balaban J connectivity index is 2.52. The van der Waals surface area contributed by atoms with Crippen molar-refractivity contribution in [2.75, 3.05) is 5.73 Å². The Morgan fingerprint density at radius 1 is 1.06 bits per heavy atom. The summed E-state index contributed by atoms with van der Waals surface area (Å²) < 4.78 is 13.4. The number of ketones is 1. The maximum Gasteiger partial charge on any atom is 0.198 e. The molecule has 2 aromatic carbocycles. The molecule has 0 aliphatic heterocycles. The van der Waals surface area contributed by atoms with Gasteiger partial charge in [0.05, 0.1) is 11.3 Å². The van der Waals surface area contributed by atoms with Gasteiger partial charge >= 0.3 is 0 Å². The lowest BCUT2D eigenvalue weighted by molar-refractivity contribution is 0.103. The number of rotatable bonds is 2. The van der Waals surface area contributed by atoms with E-state index in [4.69, 9.17) is 5.73 Å². The summed E-state index contributed by atoms with van der Waals surface area (Å²) in [6.07, 6.45) is 0. The lowest BCUT2D eigenvalue weighted by Crippen LogP contribution is -2.07. The van der Waals surface area contributed by atoms with Crippen molar-refractivity contribution < 1.29 is 14.3 Å². The summed E-state index contributed by atoms with van der Waals surface area (Å²) in [7, 11) is 0. The van der Waals surface area contributed by atoms with Crippen LogP contribution in [0.25, 0.3) is 0 Å². The normalized spacial score (nSPS) is 10.2. The summed E-state index contributed by atoms with van der Waals surface area (Å²) in [6.45, 7) is 0. The van der Waals surface area contributed by atoms with Crippen LogP contribution in [0.4, 0.5) is 10.1 Å². The number of anilines is 1. The van der Waals surface area contributed by atoms with Crippen molar-refractivity contribution in [3.63, 3.8) is 0 Å². The van der Waals surface area contributed by atoms with Crippen LogP contribution in [0.1, 0.15) is 15.9 Å². The highest BCUT2D eigenvalue weighted by atomic mass is 19.1. The maximum atomic E-state index is 13.4. The molecular formula is C13H10FNO2. The molecule has 17 heavy (non-hydrogen) atoms. The number of phenolic OH excluding ortho intramolecular Hbond substituents is 1. The predicted octanol–water partition coefficient (Wildman–Crippen LogP) is 2.34. The van der Waals surface area contributed by atoms with Crippen molar-refractivity contribution in [2.24, 2.45) is 0 Å². The van der Waals surface area contributed by atoms with Crippen LogP contribution in [0.5, 0.6) is 5.75 Å². The fourth-order valence-electron chi connectivity index (χ4n) is 1.54. The van der Waals surface area contributed by atoms with Gasteiger partial charge in [0, 0.05) is 5.56 Å². The van der Waals surface area contributed by atoms with Gasteiger partial charge in [-0.1, -0.05) is 18.2 Å². The van der Waals surface area contributed by atoms with Gasteiger partial charge in [-0.25, -0.2) is 4.39 Å². The fraction of sp³-hybridized carbons (Fsp3) is 0. The van der Waals surface area contributed by atoms with Crippen LogP contribution >= 0.6 is 0 Å². The van der Waals surface area contributed by atoms with Gasteiger partial charge < -0.3 is 10.8 Å². The average Bonchev–Trinajstić information content (AvgIpc) is 2.32. The minimum Gasteiger partial charge on any atom is -0.506 e. The highest BCUT2D eigenvalue weighted by molar-refractivity contribution is 6.12. The van der Waals surface area contributed by atoms with Crippen molar-refractivity contribution in [1.29, 1.82) is 0 Å². The van der Waals surface area contributed by atoms with Gasteiger partial charge in [-0.15, -0.1) is 0 Å². The molecule has 3 nitrogen and oxygen atoms in total. The highest BCUT2D eigenvalue weighted by Gasteiger charge is 2.17. The number of carbonyl (C=O) groups is 1. The zero-order valence-corrected chi connectivity index (χ0v) is 8.85. The molecule has 86 valence electrons. The molecule has 0 atom stereocenters. The number of nitrogen functional groups attached to an aromatic ring is 1. The average molecular weight is 231 g/mol. The molecule has 0 saturated heterocycles. The third kappa shape index (κ3) is 1.97. The largest absolute Gasteiger partial charge is 0.506 e. The summed E-state index contributed by atoms with van der Waals surface area (Å²) in [5.41, 5.74) is 5.56. The van der Waals surface area contributed by atoms with E-state index in [9.17, 15) is 14.3 Å². The first-order valence-electron chi connectivity index (χ1n) is 4.98. The number of hydrogen-bond donors (Lipinski definition) is 2. The molecule has 0 saturated carbocycles. The van der Waals surface area contributed by atoms with Gasteiger partial charge in [-0.3, -0.25) is 4.79 Å². The van der Waals surface area contributed by atoms with E-state index in [1.807, 2.05) is 0 Å². The zero-order valence-electron chi connectivity index (χ0n) is 8.85. The Bertz CT molecular complexity index is 581. The molecule has 4 heteroatoms. The first-order chi connectivity index (χ1) is 8.11. The summed E-state index contributed by atoms with van der Waals surface area (Å²) in [5.74, 6) is -1.34. The van der Waals surface area contributed by atoms with E-state index in [0.29, 0.717) is 0 Å². The Labute approximate surface area is 97.3 Å².